The summed E-state index contributed by atoms with van der Waals surface area (Å²) < 4.78 is 2.90. The maximum Gasteiger partial charge on any atom is 0.212 e. The van der Waals surface area contributed by atoms with E-state index in [1.165, 1.54) is 38.5 Å². The summed E-state index contributed by atoms with van der Waals surface area (Å²) in [6, 6.07) is 0.546. The Morgan fingerprint density at radius 2 is 1.85 bits per heavy atom. The fourth-order valence-corrected chi connectivity index (χ4v) is 2.50. The molecule has 2 rings (SSSR count). The molecule has 72 valence electrons. The molecule has 0 saturated heterocycles. The monoisotopic (exact) mass is 292 g/mol. The van der Waals surface area contributed by atoms with Gasteiger partial charge in [-0.05, 0) is 23.3 Å². The quantitative estimate of drug-likeness (QED) is 0.588. The Labute approximate surface area is 91.2 Å². The highest BCUT2D eigenvalue weighted by Gasteiger charge is 2.17. The summed E-state index contributed by atoms with van der Waals surface area (Å²) in [6.45, 7) is 0. The van der Waals surface area contributed by atoms with Crippen LogP contribution in [0.4, 0.5) is 0 Å². The van der Waals surface area contributed by atoms with Crippen molar-refractivity contribution in [3.8, 4) is 0 Å². The zero-order valence-electron chi connectivity index (χ0n) is 7.49. The largest absolute Gasteiger partial charge is 0.218 e. The molecule has 13 heavy (non-hydrogen) atoms. The summed E-state index contributed by atoms with van der Waals surface area (Å²) >= 11 is 2.20. The van der Waals surface area contributed by atoms with E-state index in [4.69, 9.17) is 0 Å². The van der Waals surface area contributed by atoms with Crippen molar-refractivity contribution in [2.45, 2.75) is 44.6 Å². The molecular formula is C8H13IN4. The van der Waals surface area contributed by atoms with Crippen molar-refractivity contribution in [3.63, 3.8) is 0 Å². The van der Waals surface area contributed by atoms with Gasteiger partial charge >= 0.3 is 0 Å². The number of nitrogens with zero attached hydrogens (tertiary/aromatic N) is 4. The summed E-state index contributed by atoms with van der Waals surface area (Å²) in [6.07, 6.45) is 7.85. The van der Waals surface area contributed by atoms with Crippen LogP contribution in [0.5, 0.6) is 0 Å². The minimum absolute atomic E-state index is 0.546. The average molecular weight is 292 g/mol. The lowest BCUT2D eigenvalue weighted by Gasteiger charge is -2.13. The van der Waals surface area contributed by atoms with Crippen LogP contribution < -0.4 is 0 Å². The topological polar surface area (TPSA) is 43.6 Å². The predicted molar refractivity (Wildman–Crippen MR) is 57.3 cm³/mol. The van der Waals surface area contributed by atoms with E-state index >= 15 is 0 Å². The standard InChI is InChI=1S/C8H13IN4/c9-8-10-11-12-13(8)7-5-3-1-2-4-6-7/h7H,1-6H2. The fourth-order valence-electron chi connectivity index (χ4n) is 1.91. The Hall–Kier alpha value is -0.200. The van der Waals surface area contributed by atoms with Gasteiger partial charge in [-0.3, -0.25) is 0 Å². The van der Waals surface area contributed by atoms with Crippen molar-refractivity contribution in [2.24, 2.45) is 0 Å². The Morgan fingerprint density at radius 1 is 1.15 bits per heavy atom. The minimum Gasteiger partial charge on any atom is -0.218 e. The second-order valence-electron chi connectivity index (χ2n) is 3.54. The first-order valence-corrected chi connectivity index (χ1v) is 5.89. The van der Waals surface area contributed by atoms with Gasteiger partial charge in [0.1, 0.15) is 0 Å². The lowest BCUT2D eigenvalue weighted by atomic mass is 10.1. The Morgan fingerprint density at radius 3 is 2.38 bits per heavy atom. The predicted octanol–water partition coefficient (Wildman–Crippen LogP) is 2.17. The van der Waals surface area contributed by atoms with Crippen LogP contribution in [0.2, 0.25) is 0 Å². The molecule has 0 radical (unpaired) electrons. The average Bonchev–Trinajstić information content (AvgIpc) is 2.43. The van der Waals surface area contributed by atoms with Crippen LogP contribution in [-0.2, 0) is 0 Å². The van der Waals surface area contributed by atoms with Gasteiger partial charge < -0.3 is 0 Å². The molecule has 0 spiro atoms. The second-order valence-corrected chi connectivity index (χ2v) is 4.50. The number of rotatable bonds is 1. The van der Waals surface area contributed by atoms with Crippen LogP contribution in [0.25, 0.3) is 0 Å². The van der Waals surface area contributed by atoms with Gasteiger partial charge in [0.15, 0.2) is 0 Å². The van der Waals surface area contributed by atoms with Gasteiger partial charge in [0.05, 0.1) is 6.04 Å². The molecule has 1 saturated carbocycles. The summed E-state index contributed by atoms with van der Waals surface area (Å²) in [7, 11) is 0. The number of halogens is 1. The van der Waals surface area contributed by atoms with E-state index in [0.29, 0.717) is 6.04 Å². The van der Waals surface area contributed by atoms with E-state index in [9.17, 15) is 0 Å². The van der Waals surface area contributed by atoms with E-state index in [2.05, 4.69) is 38.1 Å². The highest BCUT2D eigenvalue weighted by Crippen LogP contribution is 2.26. The van der Waals surface area contributed by atoms with Gasteiger partial charge in [0.2, 0.25) is 3.83 Å². The van der Waals surface area contributed by atoms with E-state index in [-0.39, 0.29) is 0 Å². The van der Waals surface area contributed by atoms with Crippen LogP contribution in [0, 0.1) is 3.83 Å². The van der Waals surface area contributed by atoms with Crippen molar-refractivity contribution >= 4 is 22.6 Å². The molecule has 1 aliphatic rings. The fraction of sp³-hybridized carbons (Fsp3) is 0.875. The zero-order chi connectivity index (χ0) is 9.10. The van der Waals surface area contributed by atoms with Crippen LogP contribution in [0.1, 0.15) is 44.6 Å². The van der Waals surface area contributed by atoms with Gasteiger partial charge in [-0.2, -0.15) is 0 Å². The lowest BCUT2D eigenvalue weighted by molar-refractivity contribution is 0.389. The van der Waals surface area contributed by atoms with Crippen molar-refractivity contribution in [1.29, 1.82) is 0 Å². The van der Waals surface area contributed by atoms with E-state index in [0.717, 1.165) is 3.83 Å². The van der Waals surface area contributed by atoms with Crippen LogP contribution in [-0.4, -0.2) is 20.2 Å². The molecule has 0 atom stereocenters. The minimum atomic E-state index is 0.546. The third-order valence-electron chi connectivity index (χ3n) is 2.62. The van der Waals surface area contributed by atoms with Crippen LogP contribution in [0.3, 0.4) is 0 Å². The van der Waals surface area contributed by atoms with Gasteiger partial charge in [0.25, 0.3) is 0 Å². The summed E-state index contributed by atoms with van der Waals surface area (Å²) in [5.74, 6) is 0. The maximum absolute atomic E-state index is 4.03. The molecule has 1 aliphatic carbocycles. The molecular weight excluding hydrogens is 279 g/mol. The molecule has 1 fully saturated rings. The maximum atomic E-state index is 4.03. The smallest absolute Gasteiger partial charge is 0.212 e. The molecule has 1 heterocycles. The molecule has 1 aromatic heterocycles. The van der Waals surface area contributed by atoms with Gasteiger partial charge in [-0.1, -0.05) is 25.7 Å². The Kier molecular flexibility index (Phi) is 3.13. The first-order chi connectivity index (χ1) is 6.38. The number of hydrogen-bond acceptors (Lipinski definition) is 3. The van der Waals surface area contributed by atoms with Gasteiger partial charge in [-0.15, -0.1) is 5.10 Å². The van der Waals surface area contributed by atoms with Crippen LogP contribution >= 0.6 is 22.6 Å². The SMILES string of the molecule is Ic1nnnn1C1CCCCCC1. The molecule has 0 unspecified atom stereocenters. The van der Waals surface area contributed by atoms with Crippen molar-refractivity contribution in [1.82, 2.24) is 20.2 Å². The zero-order valence-corrected chi connectivity index (χ0v) is 9.64. The first-order valence-electron chi connectivity index (χ1n) is 4.81. The Balaban J connectivity index is 2.10. The van der Waals surface area contributed by atoms with Crippen molar-refractivity contribution in [3.05, 3.63) is 3.83 Å². The summed E-state index contributed by atoms with van der Waals surface area (Å²) in [4.78, 5) is 0. The normalized spacial score (nSPS) is 20.1. The molecule has 0 aromatic carbocycles. The van der Waals surface area contributed by atoms with Crippen molar-refractivity contribution < 1.29 is 0 Å². The van der Waals surface area contributed by atoms with Crippen molar-refractivity contribution in [2.75, 3.05) is 0 Å². The molecule has 0 amide bonds. The third-order valence-corrected chi connectivity index (χ3v) is 3.33. The molecule has 0 aliphatic heterocycles. The number of tetrazole rings is 1. The second kappa shape index (κ2) is 4.34. The van der Waals surface area contributed by atoms with E-state index in [1.54, 1.807) is 0 Å². The Bertz CT molecular complexity index is 265. The highest BCUT2D eigenvalue weighted by atomic mass is 127. The van der Waals surface area contributed by atoms with E-state index < -0.39 is 0 Å². The third kappa shape index (κ3) is 2.18. The molecule has 0 bridgehead atoms. The molecule has 0 N–H and O–H groups in total. The summed E-state index contributed by atoms with van der Waals surface area (Å²) in [5.41, 5.74) is 0. The summed E-state index contributed by atoms with van der Waals surface area (Å²) in [5, 5.41) is 11.6. The molecule has 4 nitrogen and oxygen atoms in total. The first kappa shape index (κ1) is 9.36. The molecule has 5 heteroatoms. The van der Waals surface area contributed by atoms with E-state index in [1.807, 2.05) is 4.68 Å². The van der Waals surface area contributed by atoms with Crippen LogP contribution in [0.15, 0.2) is 0 Å². The number of hydrogen-bond donors (Lipinski definition) is 0. The lowest BCUT2D eigenvalue weighted by Crippen LogP contribution is -2.11. The number of aromatic nitrogens is 4. The highest BCUT2D eigenvalue weighted by molar-refractivity contribution is 14.1. The van der Waals surface area contributed by atoms with Gasteiger partial charge in [-0.25, -0.2) is 4.68 Å². The molecule has 1 aromatic rings. The van der Waals surface area contributed by atoms with Gasteiger partial charge in [0, 0.05) is 22.6 Å².